The molecule has 1 spiro atoms. The molecule has 112 valence electrons. The molecule has 0 unspecified atom stereocenters. The van der Waals surface area contributed by atoms with E-state index in [1.54, 1.807) is 0 Å². The third-order valence-electron chi connectivity index (χ3n) is 4.82. The lowest BCUT2D eigenvalue weighted by molar-refractivity contribution is -0.202. The van der Waals surface area contributed by atoms with Gasteiger partial charge in [0.25, 0.3) is 0 Å². The van der Waals surface area contributed by atoms with Crippen LogP contribution in [-0.2, 0) is 9.59 Å². The van der Waals surface area contributed by atoms with Crippen LogP contribution in [0.1, 0.15) is 44.9 Å². The molecular formula is C13H17F3N2O2. The molecule has 2 amide bonds. The van der Waals surface area contributed by atoms with E-state index in [2.05, 4.69) is 5.32 Å². The number of alkyl halides is 3. The van der Waals surface area contributed by atoms with Crippen LogP contribution in [0.4, 0.5) is 13.2 Å². The van der Waals surface area contributed by atoms with Crippen LogP contribution < -0.4 is 5.32 Å². The molecule has 3 fully saturated rings. The first-order valence-electron chi connectivity index (χ1n) is 7.01. The Bertz CT molecular complexity index is 451. The van der Waals surface area contributed by atoms with Crippen LogP contribution in [0.5, 0.6) is 0 Å². The van der Waals surface area contributed by atoms with E-state index >= 15 is 0 Å². The number of nitrogens with zero attached hydrogens (tertiary/aromatic N) is 1. The second-order valence-electron chi connectivity index (χ2n) is 6.07. The van der Waals surface area contributed by atoms with Crippen molar-refractivity contribution in [3.63, 3.8) is 0 Å². The molecule has 3 aliphatic rings. The third kappa shape index (κ3) is 1.82. The van der Waals surface area contributed by atoms with Crippen molar-refractivity contribution in [1.29, 1.82) is 0 Å². The second kappa shape index (κ2) is 4.11. The van der Waals surface area contributed by atoms with E-state index in [0.717, 1.165) is 17.7 Å². The van der Waals surface area contributed by atoms with Gasteiger partial charge in [-0.3, -0.25) is 9.59 Å². The molecule has 2 saturated carbocycles. The summed E-state index contributed by atoms with van der Waals surface area (Å²) in [6.07, 6.45) is -2.15. The smallest absolute Gasteiger partial charge is 0.342 e. The van der Waals surface area contributed by atoms with Crippen molar-refractivity contribution in [1.82, 2.24) is 10.2 Å². The topological polar surface area (TPSA) is 49.4 Å². The number of hydrogen-bond donors (Lipinski definition) is 1. The summed E-state index contributed by atoms with van der Waals surface area (Å²) in [6.45, 7) is -0.133. The Morgan fingerprint density at radius 3 is 2.15 bits per heavy atom. The van der Waals surface area contributed by atoms with Crippen LogP contribution in [-0.4, -0.2) is 40.5 Å². The molecule has 0 atom stereocenters. The summed E-state index contributed by atoms with van der Waals surface area (Å²) in [5, 5.41) is 2.69. The van der Waals surface area contributed by atoms with E-state index in [9.17, 15) is 22.8 Å². The number of carbonyl (C=O) groups is 2. The third-order valence-corrected chi connectivity index (χ3v) is 4.82. The molecule has 0 bridgehead atoms. The predicted octanol–water partition coefficient (Wildman–Crippen LogP) is 1.74. The maximum absolute atomic E-state index is 13.3. The van der Waals surface area contributed by atoms with Crippen LogP contribution in [0.25, 0.3) is 0 Å². The number of carbonyl (C=O) groups excluding carboxylic acids is 2. The second-order valence-corrected chi connectivity index (χ2v) is 6.07. The van der Waals surface area contributed by atoms with Gasteiger partial charge in [0.05, 0.1) is 0 Å². The SMILES string of the molecule is O=C1CCN(C2(C(F)(F)F)CC2)C(=O)C2(CCCC2)N1. The first-order chi connectivity index (χ1) is 9.31. The monoisotopic (exact) mass is 290 g/mol. The van der Waals surface area contributed by atoms with Gasteiger partial charge in [0.15, 0.2) is 0 Å². The average Bonchev–Trinajstić information content (AvgIpc) is 3.04. The minimum atomic E-state index is -4.42. The zero-order valence-electron chi connectivity index (χ0n) is 11.1. The molecule has 4 nitrogen and oxygen atoms in total. The van der Waals surface area contributed by atoms with E-state index in [-0.39, 0.29) is 31.7 Å². The Morgan fingerprint density at radius 2 is 1.65 bits per heavy atom. The van der Waals surface area contributed by atoms with Gasteiger partial charge in [0, 0.05) is 13.0 Å². The fraction of sp³-hybridized carbons (Fsp3) is 0.846. The van der Waals surface area contributed by atoms with Gasteiger partial charge in [-0.2, -0.15) is 13.2 Å². The molecule has 1 aliphatic heterocycles. The number of rotatable bonds is 1. The van der Waals surface area contributed by atoms with Gasteiger partial charge < -0.3 is 10.2 Å². The zero-order chi connectivity index (χ0) is 14.6. The molecule has 1 saturated heterocycles. The van der Waals surface area contributed by atoms with Crippen LogP contribution in [0.3, 0.4) is 0 Å². The number of amides is 2. The van der Waals surface area contributed by atoms with Crippen molar-refractivity contribution in [3.05, 3.63) is 0 Å². The van der Waals surface area contributed by atoms with Crippen molar-refractivity contribution < 1.29 is 22.8 Å². The molecule has 1 N–H and O–H groups in total. The highest BCUT2D eigenvalue weighted by atomic mass is 19.4. The molecule has 7 heteroatoms. The fourth-order valence-electron chi connectivity index (χ4n) is 3.51. The lowest BCUT2D eigenvalue weighted by Gasteiger charge is -2.37. The minimum Gasteiger partial charge on any atom is -0.342 e. The number of halogens is 3. The number of hydrogen-bond acceptors (Lipinski definition) is 2. The van der Waals surface area contributed by atoms with E-state index in [1.165, 1.54) is 0 Å². The van der Waals surface area contributed by atoms with E-state index in [0.29, 0.717) is 12.8 Å². The lowest BCUT2D eigenvalue weighted by Crippen LogP contribution is -2.60. The minimum absolute atomic E-state index is 0.0491. The molecule has 0 aromatic heterocycles. The highest BCUT2D eigenvalue weighted by Gasteiger charge is 2.69. The van der Waals surface area contributed by atoms with E-state index in [1.807, 2.05) is 0 Å². The first kappa shape index (κ1) is 13.7. The molecule has 0 aromatic rings. The summed E-state index contributed by atoms with van der Waals surface area (Å²) in [6, 6.07) is 0. The van der Waals surface area contributed by atoms with Crippen molar-refractivity contribution >= 4 is 11.8 Å². The Morgan fingerprint density at radius 1 is 1.05 bits per heavy atom. The van der Waals surface area contributed by atoms with Crippen LogP contribution in [0.2, 0.25) is 0 Å². The van der Waals surface area contributed by atoms with Gasteiger partial charge in [0.1, 0.15) is 11.1 Å². The molecule has 3 rings (SSSR count). The Hall–Kier alpha value is -1.27. The molecule has 0 radical (unpaired) electrons. The van der Waals surface area contributed by atoms with E-state index in [4.69, 9.17) is 0 Å². The highest BCUT2D eigenvalue weighted by Crippen LogP contribution is 2.55. The van der Waals surface area contributed by atoms with Gasteiger partial charge in [0.2, 0.25) is 11.8 Å². The Labute approximate surface area is 114 Å². The maximum Gasteiger partial charge on any atom is 0.411 e. The fourth-order valence-corrected chi connectivity index (χ4v) is 3.51. The van der Waals surface area contributed by atoms with Crippen LogP contribution in [0.15, 0.2) is 0 Å². The zero-order valence-corrected chi connectivity index (χ0v) is 11.1. The first-order valence-corrected chi connectivity index (χ1v) is 7.01. The molecule has 0 aromatic carbocycles. The molecular weight excluding hydrogens is 273 g/mol. The van der Waals surface area contributed by atoms with Crippen molar-refractivity contribution in [3.8, 4) is 0 Å². The van der Waals surface area contributed by atoms with Crippen molar-refractivity contribution in [2.75, 3.05) is 6.54 Å². The van der Waals surface area contributed by atoms with Gasteiger partial charge in [-0.1, -0.05) is 12.8 Å². The summed E-state index contributed by atoms with van der Waals surface area (Å²) in [5.74, 6) is -0.851. The van der Waals surface area contributed by atoms with Gasteiger partial charge in [-0.15, -0.1) is 0 Å². The van der Waals surface area contributed by atoms with Gasteiger partial charge in [-0.05, 0) is 25.7 Å². The highest BCUT2D eigenvalue weighted by molar-refractivity contribution is 5.94. The average molecular weight is 290 g/mol. The Balaban J connectivity index is 1.95. The molecule has 20 heavy (non-hydrogen) atoms. The summed E-state index contributed by atoms with van der Waals surface area (Å²) in [4.78, 5) is 25.4. The lowest BCUT2D eigenvalue weighted by atomic mass is 9.94. The summed E-state index contributed by atoms with van der Waals surface area (Å²) in [7, 11) is 0. The summed E-state index contributed by atoms with van der Waals surface area (Å²) in [5.41, 5.74) is -3.11. The predicted molar refractivity (Wildman–Crippen MR) is 63.7 cm³/mol. The van der Waals surface area contributed by atoms with E-state index < -0.39 is 23.2 Å². The van der Waals surface area contributed by atoms with Gasteiger partial charge in [-0.25, -0.2) is 0 Å². The van der Waals surface area contributed by atoms with Crippen molar-refractivity contribution in [2.24, 2.45) is 0 Å². The molecule has 1 heterocycles. The quantitative estimate of drug-likeness (QED) is 0.799. The van der Waals surface area contributed by atoms with Crippen LogP contribution >= 0.6 is 0 Å². The standard InChI is InChI=1S/C13H17F3N2O2/c14-13(15,16)12(6-7-12)18-8-3-9(19)17-11(10(18)20)4-1-2-5-11/h1-8H2,(H,17,19). The Kier molecular flexibility index (Phi) is 2.82. The summed E-state index contributed by atoms with van der Waals surface area (Å²) >= 11 is 0. The van der Waals surface area contributed by atoms with Crippen molar-refractivity contribution in [2.45, 2.75) is 62.2 Å². The normalized spacial score (nSPS) is 28.4. The summed E-state index contributed by atoms with van der Waals surface area (Å²) < 4.78 is 39.8. The number of nitrogens with one attached hydrogen (secondary N) is 1. The van der Waals surface area contributed by atoms with Crippen LogP contribution in [0, 0.1) is 0 Å². The largest absolute Gasteiger partial charge is 0.411 e. The van der Waals surface area contributed by atoms with Gasteiger partial charge >= 0.3 is 6.18 Å². The molecule has 2 aliphatic carbocycles. The maximum atomic E-state index is 13.3.